The minimum atomic E-state index is -1.18. The molecule has 1 N–H and O–H groups in total. The summed E-state index contributed by atoms with van der Waals surface area (Å²) in [5.74, 6) is -1.81. The first-order chi connectivity index (χ1) is 7.61. The molecule has 0 aliphatic carbocycles. The number of carboxylic acids is 1. The molecular weight excluding hydrogens is 211 g/mol. The normalized spacial score (nSPS) is 10.6. The lowest BCUT2D eigenvalue weighted by Gasteiger charge is -2.04. The molecule has 0 bridgehead atoms. The Morgan fingerprint density at radius 1 is 1.44 bits per heavy atom. The van der Waals surface area contributed by atoms with Crippen LogP contribution in [0.15, 0.2) is 18.2 Å². The molecule has 1 aromatic heterocycles. The molecule has 1 aromatic carbocycles. The molecule has 0 unspecified atom stereocenters. The summed E-state index contributed by atoms with van der Waals surface area (Å²) >= 11 is 0. The SMILES string of the molecule is CCc1nc(C(=O)O)nc2ccc(F)cc12. The van der Waals surface area contributed by atoms with E-state index in [0.29, 0.717) is 23.0 Å². The first-order valence-electron chi connectivity index (χ1n) is 4.81. The van der Waals surface area contributed by atoms with Crippen molar-refractivity contribution in [3.8, 4) is 0 Å². The fourth-order valence-corrected chi connectivity index (χ4v) is 1.53. The topological polar surface area (TPSA) is 63.1 Å². The number of fused-ring (bicyclic) bond motifs is 1. The van der Waals surface area contributed by atoms with Gasteiger partial charge in [-0.1, -0.05) is 6.92 Å². The number of aromatic carboxylic acids is 1. The van der Waals surface area contributed by atoms with Crippen molar-refractivity contribution in [1.82, 2.24) is 9.97 Å². The highest BCUT2D eigenvalue weighted by Crippen LogP contribution is 2.17. The van der Waals surface area contributed by atoms with E-state index in [0.717, 1.165) is 0 Å². The summed E-state index contributed by atoms with van der Waals surface area (Å²) in [5, 5.41) is 9.38. The van der Waals surface area contributed by atoms with Gasteiger partial charge < -0.3 is 5.11 Å². The van der Waals surface area contributed by atoms with Crippen LogP contribution in [0.25, 0.3) is 10.9 Å². The van der Waals surface area contributed by atoms with Gasteiger partial charge in [0.15, 0.2) is 0 Å². The van der Waals surface area contributed by atoms with Crippen LogP contribution in [0.5, 0.6) is 0 Å². The number of hydrogen-bond donors (Lipinski definition) is 1. The van der Waals surface area contributed by atoms with E-state index in [4.69, 9.17) is 5.11 Å². The van der Waals surface area contributed by atoms with Crippen molar-refractivity contribution in [2.75, 3.05) is 0 Å². The molecule has 16 heavy (non-hydrogen) atoms. The number of hydrogen-bond acceptors (Lipinski definition) is 3. The van der Waals surface area contributed by atoms with Crippen LogP contribution in [-0.2, 0) is 6.42 Å². The predicted molar refractivity (Wildman–Crippen MR) is 55.8 cm³/mol. The monoisotopic (exact) mass is 220 g/mol. The van der Waals surface area contributed by atoms with Gasteiger partial charge in [0.05, 0.1) is 11.2 Å². The summed E-state index contributed by atoms with van der Waals surface area (Å²) in [6.45, 7) is 1.83. The Morgan fingerprint density at radius 2 is 2.19 bits per heavy atom. The van der Waals surface area contributed by atoms with Crippen LogP contribution in [0.1, 0.15) is 23.2 Å². The van der Waals surface area contributed by atoms with Gasteiger partial charge in [-0.2, -0.15) is 0 Å². The lowest BCUT2D eigenvalue weighted by molar-refractivity contribution is 0.0683. The number of benzene rings is 1. The third-order valence-electron chi connectivity index (χ3n) is 2.26. The first kappa shape index (κ1) is 10.5. The molecule has 0 saturated heterocycles. The van der Waals surface area contributed by atoms with E-state index in [1.807, 2.05) is 6.92 Å². The van der Waals surface area contributed by atoms with E-state index in [9.17, 15) is 9.18 Å². The molecule has 2 rings (SSSR count). The van der Waals surface area contributed by atoms with Crippen molar-refractivity contribution >= 4 is 16.9 Å². The predicted octanol–water partition coefficient (Wildman–Crippen LogP) is 2.03. The smallest absolute Gasteiger partial charge is 0.373 e. The van der Waals surface area contributed by atoms with Crippen molar-refractivity contribution in [2.45, 2.75) is 13.3 Å². The summed E-state index contributed by atoms with van der Waals surface area (Å²) in [7, 11) is 0. The van der Waals surface area contributed by atoms with Gasteiger partial charge in [0, 0.05) is 5.39 Å². The number of carboxylic acid groups (broad SMARTS) is 1. The van der Waals surface area contributed by atoms with E-state index in [2.05, 4.69) is 9.97 Å². The van der Waals surface area contributed by atoms with Crippen LogP contribution < -0.4 is 0 Å². The fraction of sp³-hybridized carbons (Fsp3) is 0.182. The zero-order valence-electron chi connectivity index (χ0n) is 8.57. The molecule has 0 spiro atoms. The number of halogens is 1. The van der Waals surface area contributed by atoms with E-state index in [-0.39, 0.29) is 11.6 Å². The Balaban J connectivity index is 2.78. The van der Waals surface area contributed by atoms with Crippen LogP contribution in [0.4, 0.5) is 4.39 Å². The molecule has 2 aromatic rings. The van der Waals surface area contributed by atoms with Gasteiger partial charge in [-0.3, -0.25) is 0 Å². The molecule has 0 saturated carbocycles. The second kappa shape index (κ2) is 3.84. The van der Waals surface area contributed by atoms with E-state index in [1.165, 1.54) is 18.2 Å². The highest BCUT2D eigenvalue weighted by Gasteiger charge is 2.12. The number of aromatic nitrogens is 2. The first-order valence-corrected chi connectivity index (χ1v) is 4.81. The lowest BCUT2D eigenvalue weighted by Crippen LogP contribution is -2.07. The Morgan fingerprint density at radius 3 is 2.81 bits per heavy atom. The number of rotatable bonds is 2. The molecule has 4 nitrogen and oxygen atoms in total. The van der Waals surface area contributed by atoms with Crippen LogP contribution >= 0.6 is 0 Å². The average Bonchev–Trinajstić information content (AvgIpc) is 2.27. The molecule has 0 fully saturated rings. The van der Waals surface area contributed by atoms with Crippen molar-refractivity contribution in [2.24, 2.45) is 0 Å². The van der Waals surface area contributed by atoms with E-state index >= 15 is 0 Å². The van der Waals surface area contributed by atoms with Gasteiger partial charge >= 0.3 is 5.97 Å². The summed E-state index contributed by atoms with van der Waals surface area (Å²) < 4.78 is 13.0. The second-order valence-corrected chi connectivity index (χ2v) is 3.31. The minimum Gasteiger partial charge on any atom is -0.475 e. The van der Waals surface area contributed by atoms with E-state index < -0.39 is 5.97 Å². The Bertz CT molecular complexity index is 569. The van der Waals surface area contributed by atoms with Gasteiger partial charge in [0.1, 0.15) is 5.82 Å². The van der Waals surface area contributed by atoms with Gasteiger partial charge in [-0.05, 0) is 24.6 Å². The number of carbonyl (C=O) groups is 1. The van der Waals surface area contributed by atoms with Crippen LogP contribution in [-0.4, -0.2) is 21.0 Å². The largest absolute Gasteiger partial charge is 0.475 e. The molecule has 82 valence electrons. The molecule has 0 amide bonds. The standard InChI is InChI=1S/C11H9FN2O2/c1-2-8-7-5-6(12)3-4-9(7)14-10(13-8)11(15)16/h3-5H,2H2,1H3,(H,15,16). The fourth-order valence-electron chi connectivity index (χ4n) is 1.53. The summed E-state index contributed by atoms with van der Waals surface area (Å²) in [5.41, 5.74) is 0.993. The van der Waals surface area contributed by atoms with Crippen LogP contribution in [0.3, 0.4) is 0 Å². The van der Waals surface area contributed by atoms with Gasteiger partial charge in [-0.15, -0.1) is 0 Å². The maximum Gasteiger partial charge on any atom is 0.373 e. The maximum atomic E-state index is 13.0. The highest BCUT2D eigenvalue weighted by molar-refractivity contribution is 5.88. The summed E-state index contributed by atoms with van der Waals surface area (Å²) in [4.78, 5) is 18.5. The molecule has 0 atom stereocenters. The minimum absolute atomic E-state index is 0.254. The van der Waals surface area contributed by atoms with Crippen molar-refractivity contribution in [3.63, 3.8) is 0 Å². The zero-order chi connectivity index (χ0) is 11.7. The third-order valence-corrected chi connectivity index (χ3v) is 2.26. The maximum absolute atomic E-state index is 13.0. The zero-order valence-corrected chi connectivity index (χ0v) is 8.57. The molecule has 0 aliphatic rings. The highest BCUT2D eigenvalue weighted by atomic mass is 19.1. The van der Waals surface area contributed by atoms with Crippen molar-refractivity contribution < 1.29 is 14.3 Å². The van der Waals surface area contributed by atoms with Crippen molar-refractivity contribution in [3.05, 3.63) is 35.5 Å². The molecular formula is C11H9FN2O2. The summed E-state index contributed by atoms with van der Waals surface area (Å²) in [6.07, 6.45) is 0.531. The quantitative estimate of drug-likeness (QED) is 0.841. The second-order valence-electron chi connectivity index (χ2n) is 3.31. The van der Waals surface area contributed by atoms with E-state index in [1.54, 1.807) is 0 Å². The van der Waals surface area contributed by atoms with Gasteiger partial charge in [-0.25, -0.2) is 19.2 Å². The Kier molecular flexibility index (Phi) is 2.52. The van der Waals surface area contributed by atoms with Crippen LogP contribution in [0.2, 0.25) is 0 Å². The number of nitrogens with zero attached hydrogens (tertiary/aromatic N) is 2. The van der Waals surface area contributed by atoms with Gasteiger partial charge in [0.25, 0.3) is 0 Å². The molecule has 0 radical (unpaired) electrons. The molecule has 0 aliphatic heterocycles. The Hall–Kier alpha value is -2.04. The van der Waals surface area contributed by atoms with Crippen LogP contribution in [0, 0.1) is 5.82 Å². The number of aryl methyl sites for hydroxylation is 1. The average molecular weight is 220 g/mol. The lowest BCUT2D eigenvalue weighted by atomic mass is 10.1. The summed E-state index contributed by atoms with van der Waals surface area (Å²) in [6, 6.07) is 4.03. The molecule has 1 heterocycles. The van der Waals surface area contributed by atoms with Gasteiger partial charge in [0.2, 0.25) is 5.82 Å². The third kappa shape index (κ3) is 1.71. The Labute approximate surface area is 90.8 Å². The van der Waals surface area contributed by atoms with Crippen molar-refractivity contribution in [1.29, 1.82) is 0 Å². The molecule has 5 heteroatoms.